The van der Waals surface area contributed by atoms with Crippen molar-refractivity contribution in [3.63, 3.8) is 0 Å². The van der Waals surface area contributed by atoms with Crippen LogP contribution in [0, 0.1) is 10.5 Å². The van der Waals surface area contributed by atoms with E-state index in [1.165, 1.54) is 6.20 Å². The summed E-state index contributed by atoms with van der Waals surface area (Å²) in [5.74, 6) is -0.351. The molecule has 0 unspecified atom stereocenters. The number of nitrogens with zero attached hydrogens (tertiary/aromatic N) is 3. The number of hydrogen-bond acceptors (Lipinski definition) is 4. The van der Waals surface area contributed by atoms with Crippen LogP contribution in [-0.4, -0.2) is 25.8 Å². The van der Waals surface area contributed by atoms with Gasteiger partial charge < -0.3 is 10.4 Å². The zero-order valence-corrected chi connectivity index (χ0v) is 17.8. The van der Waals surface area contributed by atoms with Crippen molar-refractivity contribution < 1.29 is 9.90 Å². The van der Waals surface area contributed by atoms with Crippen LogP contribution in [0.15, 0.2) is 42.6 Å². The van der Waals surface area contributed by atoms with Gasteiger partial charge in [-0.1, -0.05) is 39.0 Å². The van der Waals surface area contributed by atoms with Gasteiger partial charge in [-0.2, -0.15) is 5.10 Å². The van der Waals surface area contributed by atoms with Gasteiger partial charge in [0.15, 0.2) is 5.69 Å². The number of benzene rings is 1. The molecule has 0 amide bonds. The first kappa shape index (κ1) is 19.3. The number of hydrogen-bond donors (Lipinski definition) is 2. The Morgan fingerprint density at radius 1 is 1.19 bits per heavy atom. The van der Waals surface area contributed by atoms with E-state index in [0.29, 0.717) is 5.69 Å². The topological polar surface area (TPSA) is 80.0 Å². The molecule has 0 spiro atoms. The quantitative estimate of drug-likeness (QED) is 0.523. The molecule has 3 rings (SSSR count). The number of pyridine rings is 1. The number of carboxylic acids is 1. The highest BCUT2D eigenvalue weighted by atomic mass is 127. The third kappa shape index (κ3) is 3.83. The lowest BCUT2D eigenvalue weighted by molar-refractivity contribution is 0.0691. The highest BCUT2D eigenvalue weighted by Crippen LogP contribution is 2.35. The molecule has 27 heavy (non-hydrogen) atoms. The number of halogens is 1. The third-order valence-electron chi connectivity index (χ3n) is 4.15. The Hall–Kier alpha value is -2.42. The van der Waals surface area contributed by atoms with Crippen molar-refractivity contribution in [3.05, 3.63) is 63.1 Å². The van der Waals surface area contributed by atoms with E-state index in [9.17, 15) is 9.90 Å². The van der Waals surface area contributed by atoms with Gasteiger partial charge in [0.1, 0.15) is 5.82 Å². The molecule has 0 aliphatic heterocycles. The lowest BCUT2D eigenvalue weighted by Crippen LogP contribution is -2.14. The second kappa shape index (κ2) is 7.30. The molecule has 140 valence electrons. The molecule has 2 heterocycles. The Kier molecular flexibility index (Phi) is 5.23. The van der Waals surface area contributed by atoms with E-state index in [-0.39, 0.29) is 11.1 Å². The summed E-state index contributed by atoms with van der Waals surface area (Å²) in [6.45, 7) is 8.35. The number of carboxylic acid groups (broad SMARTS) is 1. The van der Waals surface area contributed by atoms with Gasteiger partial charge in [-0.3, -0.25) is 0 Å². The van der Waals surface area contributed by atoms with E-state index in [0.717, 1.165) is 26.3 Å². The van der Waals surface area contributed by atoms with Gasteiger partial charge in [-0.15, -0.1) is 0 Å². The summed E-state index contributed by atoms with van der Waals surface area (Å²) < 4.78 is 2.79. The first-order valence-electron chi connectivity index (χ1n) is 8.50. The maximum atomic E-state index is 11.5. The predicted octanol–water partition coefficient (Wildman–Crippen LogP) is 4.92. The molecule has 0 saturated heterocycles. The molecule has 0 atom stereocenters. The van der Waals surface area contributed by atoms with Crippen molar-refractivity contribution >= 4 is 40.1 Å². The second-order valence-corrected chi connectivity index (χ2v) is 8.37. The summed E-state index contributed by atoms with van der Waals surface area (Å²) in [7, 11) is 0. The molecule has 0 aliphatic rings. The number of aromatic nitrogens is 3. The number of carbonyl (C=O) groups is 1. The molecule has 6 nitrogen and oxygen atoms in total. The number of para-hydroxylation sites is 1. The molecule has 2 aromatic heterocycles. The Morgan fingerprint density at radius 2 is 1.89 bits per heavy atom. The molecule has 1 aromatic carbocycles. The number of aryl methyl sites for hydroxylation is 1. The van der Waals surface area contributed by atoms with Crippen molar-refractivity contribution in [2.75, 3.05) is 5.32 Å². The SMILES string of the molecule is Cc1ccccc1-n1nc(C(C)(C)C)c(I)c1Nc1cccnc1C(=O)O. The molecule has 0 aliphatic carbocycles. The van der Waals surface area contributed by atoms with Crippen LogP contribution in [0.5, 0.6) is 0 Å². The zero-order valence-electron chi connectivity index (χ0n) is 15.6. The second-order valence-electron chi connectivity index (χ2n) is 7.29. The van der Waals surface area contributed by atoms with E-state index >= 15 is 0 Å². The normalized spacial score (nSPS) is 11.4. The largest absolute Gasteiger partial charge is 0.476 e. The maximum Gasteiger partial charge on any atom is 0.356 e. The van der Waals surface area contributed by atoms with Crippen LogP contribution in [0.25, 0.3) is 5.69 Å². The number of aromatic carboxylic acids is 1. The van der Waals surface area contributed by atoms with Crippen LogP contribution in [-0.2, 0) is 5.41 Å². The van der Waals surface area contributed by atoms with E-state index in [2.05, 4.69) is 53.7 Å². The van der Waals surface area contributed by atoms with Gasteiger partial charge in [0, 0.05) is 11.6 Å². The van der Waals surface area contributed by atoms with E-state index < -0.39 is 5.97 Å². The van der Waals surface area contributed by atoms with Crippen molar-refractivity contribution in [2.45, 2.75) is 33.1 Å². The first-order chi connectivity index (χ1) is 12.7. The van der Waals surface area contributed by atoms with Crippen molar-refractivity contribution in [1.29, 1.82) is 0 Å². The number of nitrogens with one attached hydrogen (secondary N) is 1. The van der Waals surface area contributed by atoms with E-state index in [1.807, 2.05) is 35.9 Å². The molecule has 3 aromatic rings. The van der Waals surface area contributed by atoms with Crippen LogP contribution in [0.4, 0.5) is 11.5 Å². The van der Waals surface area contributed by atoms with Crippen LogP contribution in [0.1, 0.15) is 42.5 Å². The van der Waals surface area contributed by atoms with E-state index in [1.54, 1.807) is 12.1 Å². The Labute approximate surface area is 171 Å². The summed E-state index contributed by atoms with van der Waals surface area (Å²) in [6, 6.07) is 11.4. The van der Waals surface area contributed by atoms with Gasteiger partial charge in [0.05, 0.1) is 20.6 Å². The molecule has 0 fully saturated rings. The Morgan fingerprint density at radius 3 is 2.52 bits per heavy atom. The molecule has 2 N–H and O–H groups in total. The molecule has 0 saturated carbocycles. The van der Waals surface area contributed by atoms with Crippen molar-refractivity contribution in [3.8, 4) is 5.69 Å². The first-order valence-corrected chi connectivity index (χ1v) is 9.58. The average molecular weight is 476 g/mol. The lowest BCUT2D eigenvalue weighted by Gasteiger charge is -2.15. The van der Waals surface area contributed by atoms with E-state index in [4.69, 9.17) is 5.10 Å². The fourth-order valence-electron chi connectivity index (χ4n) is 2.77. The summed E-state index contributed by atoms with van der Waals surface area (Å²) in [6.07, 6.45) is 1.47. The molecule has 0 radical (unpaired) electrons. The minimum atomic E-state index is -1.08. The van der Waals surface area contributed by atoms with Crippen LogP contribution in [0.2, 0.25) is 0 Å². The smallest absolute Gasteiger partial charge is 0.356 e. The lowest BCUT2D eigenvalue weighted by atomic mass is 9.92. The fraction of sp³-hybridized carbons (Fsp3) is 0.250. The summed E-state index contributed by atoms with van der Waals surface area (Å²) in [5, 5.41) is 17.6. The highest BCUT2D eigenvalue weighted by molar-refractivity contribution is 14.1. The number of anilines is 2. The molecule has 0 bridgehead atoms. The minimum absolute atomic E-state index is 0.0249. The minimum Gasteiger partial charge on any atom is -0.476 e. The van der Waals surface area contributed by atoms with Crippen LogP contribution < -0.4 is 5.32 Å². The fourth-order valence-corrected chi connectivity index (χ4v) is 4.05. The monoisotopic (exact) mass is 476 g/mol. The van der Waals surface area contributed by atoms with Gasteiger partial charge in [0.2, 0.25) is 0 Å². The van der Waals surface area contributed by atoms with Crippen LogP contribution >= 0.6 is 22.6 Å². The highest BCUT2D eigenvalue weighted by Gasteiger charge is 2.27. The van der Waals surface area contributed by atoms with Gasteiger partial charge in [-0.25, -0.2) is 14.5 Å². The van der Waals surface area contributed by atoms with Gasteiger partial charge >= 0.3 is 5.97 Å². The molecule has 7 heteroatoms. The average Bonchev–Trinajstić information content (AvgIpc) is 2.92. The Balaban J connectivity index is 2.22. The number of rotatable bonds is 4. The zero-order chi connectivity index (χ0) is 19.8. The van der Waals surface area contributed by atoms with Gasteiger partial charge in [0.25, 0.3) is 0 Å². The van der Waals surface area contributed by atoms with Crippen molar-refractivity contribution in [1.82, 2.24) is 14.8 Å². The Bertz CT molecular complexity index is 1010. The van der Waals surface area contributed by atoms with Crippen molar-refractivity contribution in [2.24, 2.45) is 0 Å². The van der Waals surface area contributed by atoms with Crippen LogP contribution in [0.3, 0.4) is 0 Å². The van der Waals surface area contributed by atoms with Gasteiger partial charge in [-0.05, 0) is 53.3 Å². The standard InChI is InChI=1S/C20H21IN4O2/c1-12-8-5-6-10-14(12)25-18(15(21)17(24-25)20(2,3)4)23-13-9-7-11-22-16(13)19(26)27/h5-11,23H,1-4H3,(H,26,27). The molecular formula is C20H21IN4O2. The third-order valence-corrected chi connectivity index (χ3v) is 5.17. The molecular weight excluding hydrogens is 455 g/mol. The summed E-state index contributed by atoms with van der Waals surface area (Å²) >= 11 is 2.27. The maximum absolute atomic E-state index is 11.5. The summed E-state index contributed by atoms with van der Waals surface area (Å²) in [4.78, 5) is 15.5. The summed E-state index contributed by atoms with van der Waals surface area (Å²) in [5.41, 5.74) is 3.19. The predicted molar refractivity (Wildman–Crippen MR) is 114 cm³/mol.